The van der Waals surface area contributed by atoms with Gasteiger partial charge in [-0.3, -0.25) is 0 Å². The lowest BCUT2D eigenvalue weighted by atomic mass is 10.2. The molecule has 0 fully saturated rings. The van der Waals surface area contributed by atoms with Gasteiger partial charge in [-0.15, -0.1) is 0 Å². The standard InChI is InChI=1S/C11H12ClN/c1-13-9-3-2-4-10-5-7-11(12)8-6-10/h5-8,13H,3,9H2,1H3. The van der Waals surface area contributed by atoms with Crippen LogP contribution in [0, 0.1) is 11.8 Å². The molecule has 1 N–H and O–H groups in total. The van der Waals surface area contributed by atoms with Gasteiger partial charge in [0.1, 0.15) is 0 Å². The van der Waals surface area contributed by atoms with Crippen molar-refractivity contribution in [1.82, 2.24) is 5.32 Å². The molecule has 1 aromatic carbocycles. The third-order valence-electron chi connectivity index (χ3n) is 1.58. The number of benzene rings is 1. The van der Waals surface area contributed by atoms with E-state index in [9.17, 15) is 0 Å². The van der Waals surface area contributed by atoms with E-state index in [0.717, 1.165) is 23.6 Å². The van der Waals surface area contributed by atoms with E-state index in [1.54, 1.807) is 0 Å². The molecular weight excluding hydrogens is 182 g/mol. The van der Waals surface area contributed by atoms with Crippen LogP contribution in [0.25, 0.3) is 0 Å². The van der Waals surface area contributed by atoms with Crippen LogP contribution in [-0.2, 0) is 0 Å². The van der Waals surface area contributed by atoms with Crippen LogP contribution in [0.4, 0.5) is 0 Å². The van der Waals surface area contributed by atoms with Crippen LogP contribution in [0.3, 0.4) is 0 Å². The van der Waals surface area contributed by atoms with E-state index < -0.39 is 0 Å². The molecule has 1 rings (SSSR count). The number of hydrogen-bond donors (Lipinski definition) is 1. The number of hydrogen-bond acceptors (Lipinski definition) is 1. The summed E-state index contributed by atoms with van der Waals surface area (Å²) in [6.45, 7) is 0.931. The quantitative estimate of drug-likeness (QED) is 0.562. The Morgan fingerprint density at radius 2 is 2.00 bits per heavy atom. The summed E-state index contributed by atoms with van der Waals surface area (Å²) in [5.74, 6) is 6.12. The highest BCUT2D eigenvalue weighted by Gasteiger charge is 1.86. The summed E-state index contributed by atoms with van der Waals surface area (Å²) in [5, 5.41) is 3.79. The van der Waals surface area contributed by atoms with Gasteiger partial charge >= 0.3 is 0 Å². The van der Waals surface area contributed by atoms with E-state index >= 15 is 0 Å². The molecule has 0 aromatic heterocycles. The van der Waals surface area contributed by atoms with Gasteiger partial charge in [0, 0.05) is 23.6 Å². The monoisotopic (exact) mass is 193 g/mol. The van der Waals surface area contributed by atoms with Crippen molar-refractivity contribution in [3.8, 4) is 11.8 Å². The minimum absolute atomic E-state index is 0.751. The average Bonchev–Trinajstić information content (AvgIpc) is 2.15. The van der Waals surface area contributed by atoms with Crippen LogP contribution in [0.2, 0.25) is 5.02 Å². The van der Waals surface area contributed by atoms with E-state index in [0.29, 0.717) is 0 Å². The third-order valence-corrected chi connectivity index (χ3v) is 1.83. The number of halogens is 1. The predicted octanol–water partition coefficient (Wildman–Crippen LogP) is 2.30. The Kier molecular flexibility index (Phi) is 4.39. The molecule has 0 aliphatic heterocycles. The molecule has 13 heavy (non-hydrogen) atoms. The molecule has 1 aromatic rings. The summed E-state index contributed by atoms with van der Waals surface area (Å²) in [6, 6.07) is 7.55. The molecule has 1 nitrogen and oxygen atoms in total. The predicted molar refractivity (Wildman–Crippen MR) is 56.9 cm³/mol. The van der Waals surface area contributed by atoms with Crippen molar-refractivity contribution in [2.45, 2.75) is 6.42 Å². The average molecular weight is 194 g/mol. The van der Waals surface area contributed by atoms with E-state index in [1.807, 2.05) is 31.3 Å². The van der Waals surface area contributed by atoms with Gasteiger partial charge in [-0.1, -0.05) is 23.4 Å². The van der Waals surface area contributed by atoms with E-state index in [2.05, 4.69) is 17.2 Å². The van der Waals surface area contributed by atoms with Gasteiger partial charge in [0.15, 0.2) is 0 Å². The zero-order chi connectivity index (χ0) is 9.52. The van der Waals surface area contributed by atoms with E-state index in [-0.39, 0.29) is 0 Å². The first kappa shape index (κ1) is 10.1. The molecule has 0 aliphatic carbocycles. The highest BCUT2D eigenvalue weighted by atomic mass is 35.5. The molecule has 68 valence electrons. The third kappa shape index (κ3) is 3.98. The summed E-state index contributed by atoms with van der Waals surface area (Å²) < 4.78 is 0. The molecule has 0 radical (unpaired) electrons. The molecule has 0 saturated heterocycles. The fourth-order valence-corrected chi connectivity index (χ4v) is 1.01. The van der Waals surface area contributed by atoms with Gasteiger partial charge < -0.3 is 5.32 Å². The summed E-state index contributed by atoms with van der Waals surface area (Å²) in [7, 11) is 1.92. The van der Waals surface area contributed by atoms with Crippen LogP contribution >= 0.6 is 11.6 Å². The molecule has 0 spiro atoms. The molecule has 0 heterocycles. The van der Waals surface area contributed by atoms with E-state index in [1.165, 1.54) is 0 Å². The zero-order valence-electron chi connectivity index (χ0n) is 7.60. The Balaban J connectivity index is 2.52. The first-order chi connectivity index (χ1) is 6.33. The summed E-state index contributed by atoms with van der Waals surface area (Å²) in [5.41, 5.74) is 1.01. The minimum Gasteiger partial charge on any atom is -0.319 e. The maximum Gasteiger partial charge on any atom is 0.0406 e. The maximum absolute atomic E-state index is 5.74. The normalized spacial score (nSPS) is 9.08. The van der Waals surface area contributed by atoms with Crippen LogP contribution in [-0.4, -0.2) is 13.6 Å². The molecule has 0 aliphatic rings. The topological polar surface area (TPSA) is 12.0 Å². The Bertz CT molecular complexity index is 305. The van der Waals surface area contributed by atoms with Crippen molar-refractivity contribution in [1.29, 1.82) is 0 Å². The first-order valence-corrected chi connectivity index (χ1v) is 4.60. The van der Waals surface area contributed by atoms with Crippen molar-refractivity contribution in [2.75, 3.05) is 13.6 Å². The Hall–Kier alpha value is -0.970. The van der Waals surface area contributed by atoms with Crippen LogP contribution < -0.4 is 5.32 Å². The van der Waals surface area contributed by atoms with E-state index in [4.69, 9.17) is 11.6 Å². The SMILES string of the molecule is CNCCC#Cc1ccc(Cl)cc1. The molecule has 0 atom stereocenters. The molecule has 2 heteroatoms. The van der Waals surface area contributed by atoms with Gasteiger partial charge in [0.25, 0.3) is 0 Å². The minimum atomic E-state index is 0.751. The van der Waals surface area contributed by atoms with Crippen LogP contribution in [0.15, 0.2) is 24.3 Å². The highest BCUT2D eigenvalue weighted by molar-refractivity contribution is 6.30. The van der Waals surface area contributed by atoms with Crippen LogP contribution in [0.5, 0.6) is 0 Å². The smallest absolute Gasteiger partial charge is 0.0406 e. The van der Waals surface area contributed by atoms with Crippen molar-refractivity contribution in [2.24, 2.45) is 0 Å². The summed E-state index contributed by atoms with van der Waals surface area (Å²) >= 11 is 5.74. The number of nitrogens with one attached hydrogen (secondary N) is 1. The zero-order valence-corrected chi connectivity index (χ0v) is 8.36. The van der Waals surface area contributed by atoms with Crippen molar-refractivity contribution in [3.05, 3.63) is 34.9 Å². The van der Waals surface area contributed by atoms with Crippen molar-refractivity contribution in [3.63, 3.8) is 0 Å². The molecular formula is C11H12ClN. The molecule has 0 amide bonds. The second-order valence-corrected chi connectivity index (χ2v) is 3.10. The van der Waals surface area contributed by atoms with Gasteiger partial charge in [-0.25, -0.2) is 0 Å². The summed E-state index contributed by atoms with van der Waals surface area (Å²) in [4.78, 5) is 0. The van der Waals surface area contributed by atoms with Crippen molar-refractivity contribution < 1.29 is 0 Å². The Labute approximate surface area is 84.1 Å². The molecule has 0 saturated carbocycles. The lowest BCUT2D eigenvalue weighted by Crippen LogP contribution is -2.05. The summed E-state index contributed by atoms with van der Waals surface area (Å²) in [6.07, 6.45) is 0.874. The molecule has 0 bridgehead atoms. The fourth-order valence-electron chi connectivity index (χ4n) is 0.885. The van der Waals surface area contributed by atoms with Gasteiger partial charge in [-0.05, 0) is 31.3 Å². The second-order valence-electron chi connectivity index (χ2n) is 2.66. The Morgan fingerprint density at radius 1 is 1.31 bits per heavy atom. The van der Waals surface area contributed by atoms with Gasteiger partial charge in [0.05, 0.1) is 0 Å². The Morgan fingerprint density at radius 3 is 2.62 bits per heavy atom. The lowest BCUT2D eigenvalue weighted by molar-refractivity contribution is 0.818. The fraction of sp³-hybridized carbons (Fsp3) is 0.273. The first-order valence-electron chi connectivity index (χ1n) is 4.22. The van der Waals surface area contributed by atoms with Gasteiger partial charge in [0.2, 0.25) is 0 Å². The highest BCUT2D eigenvalue weighted by Crippen LogP contribution is 2.08. The molecule has 0 unspecified atom stereocenters. The maximum atomic E-state index is 5.74. The number of rotatable bonds is 2. The largest absolute Gasteiger partial charge is 0.319 e. The van der Waals surface area contributed by atoms with Gasteiger partial charge in [-0.2, -0.15) is 0 Å². The lowest BCUT2D eigenvalue weighted by Gasteiger charge is -1.90. The van der Waals surface area contributed by atoms with Crippen LogP contribution in [0.1, 0.15) is 12.0 Å². The second kappa shape index (κ2) is 5.64. The van der Waals surface area contributed by atoms with Crippen molar-refractivity contribution >= 4 is 11.6 Å².